The molecule has 11 N–H and O–H groups in total. The summed E-state index contributed by atoms with van der Waals surface area (Å²) in [5, 5.41) is 22.6. The number of carboxylic acids is 1. The smallest absolute Gasteiger partial charge is 0.326 e. The van der Waals surface area contributed by atoms with Gasteiger partial charge in [-0.05, 0) is 42.0 Å². The fourth-order valence-electron chi connectivity index (χ4n) is 2.58. The van der Waals surface area contributed by atoms with Crippen molar-refractivity contribution in [3.05, 3.63) is 65.2 Å². The average molecular weight is 449 g/mol. The van der Waals surface area contributed by atoms with Crippen LogP contribution in [-0.4, -0.2) is 49.7 Å². The van der Waals surface area contributed by atoms with Crippen molar-refractivity contribution in [3.63, 3.8) is 0 Å². The molecule has 2 aromatic rings. The third-order valence-electron chi connectivity index (χ3n) is 4.28. The molecule has 0 fully saturated rings. The Morgan fingerprint density at radius 1 is 0.935 bits per heavy atom. The van der Waals surface area contributed by atoms with Gasteiger partial charge in [-0.25, -0.2) is 17.9 Å². The number of carbonyl (C=O) groups excluding carboxylic acids is 1. The first-order valence-electron chi connectivity index (χ1n) is 8.97. The Balaban J connectivity index is 1.98. The molecule has 0 saturated carbocycles. The number of benzene rings is 2. The standard InChI is InChI=1S/C19H22N6O5S/c20-17(21)12-3-1-11(2-4-12)9-15(19(27)28)25-16(26)10-24-31(29,30)14-7-5-13(6-8-14)18(22)23/h1-8,15,24H,9-10H2,(H3,20,21)(H3,22,23)(H,25,26)(H,27,28)/p+2. The minimum Gasteiger partial charge on any atom is -0.480 e. The summed E-state index contributed by atoms with van der Waals surface area (Å²) in [6.45, 7) is -0.642. The predicted molar refractivity (Wildman–Crippen MR) is 112 cm³/mol. The molecule has 0 bridgehead atoms. The van der Waals surface area contributed by atoms with Crippen LogP contribution in [0.1, 0.15) is 16.7 Å². The Kier molecular flexibility index (Phi) is 7.45. The Hall–Kier alpha value is -3.77. The van der Waals surface area contributed by atoms with Gasteiger partial charge in [0.2, 0.25) is 15.9 Å². The minimum absolute atomic E-state index is 0.0168. The van der Waals surface area contributed by atoms with Gasteiger partial charge in [-0.2, -0.15) is 0 Å². The van der Waals surface area contributed by atoms with Gasteiger partial charge in [-0.3, -0.25) is 27.1 Å². The van der Waals surface area contributed by atoms with E-state index >= 15 is 0 Å². The van der Waals surface area contributed by atoms with E-state index in [-0.39, 0.29) is 23.0 Å². The fourth-order valence-corrected chi connectivity index (χ4v) is 3.57. The lowest BCUT2D eigenvalue weighted by molar-refractivity contribution is -0.141. The van der Waals surface area contributed by atoms with Crippen LogP contribution in [-0.2, 0) is 26.0 Å². The molecule has 0 spiro atoms. The summed E-state index contributed by atoms with van der Waals surface area (Å²) in [4.78, 5) is 23.5. The van der Waals surface area contributed by atoms with Gasteiger partial charge in [-0.15, -0.1) is 0 Å². The number of sulfonamides is 1. The number of rotatable bonds is 10. The Morgan fingerprint density at radius 3 is 1.87 bits per heavy atom. The van der Waals surface area contributed by atoms with Crippen LogP contribution in [0.4, 0.5) is 0 Å². The Labute approximate surface area is 178 Å². The molecule has 31 heavy (non-hydrogen) atoms. The quantitative estimate of drug-likeness (QED) is 0.140. The molecule has 1 unspecified atom stereocenters. The van der Waals surface area contributed by atoms with E-state index in [9.17, 15) is 23.1 Å². The maximum atomic E-state index is 12.3. The van der Waals surface area contributed by atoms with Crippen LogP contribution < -0.4 is 32.3 Å². The predicted octanol–water partition coefficient (Wildman–Crippen LogP) is -4.29. The summed E-state index contributed by atoms with van der Waals surface area (Å²) in [6.07, 6.45) is -0.0168. The second-order valence-electron chi connectivity index (χ2n) is 6.62. The van der Waals surface area contributed by atoms with Crippen LogP contribution in [0.2, 0.25) is 0 Å². The summed E-state index contributed by atoms with van der Waals surface area (Å²) in [6, 6.07) is 10.7. The van der Waals surface area contributed by atoms with Crippen molar-refractivity contribution in [1.29, 1.82) is 0 Å². The van der Waals surface area contributed by atoms with E-state index in [0.717, 1.165) is 0 Å². The lowest BCUT2D eigenvalue weighted by atomic mass is 10.0. The number of hydrogen-bond acceptors (Lipinski definition) is 4. The molecule has 0 aromatic heterocycles. The van der Waals surface area contributed by atoms with Crippen molar-refractivity contribution in [3.8, 4) is 0 Å². The van der Waals surface area contributed by atoms with Crippen LogP contribution in [0, 0.1) is 0 Å². The average Bonchev–Trinajstić information content (AvgIpc) is 2.72. The van der Waals surface area contributed by atoms with Crippen LogP contribution in [0.15, 0.2) is 53.4 Å². The normalized spacial score (nSPS) is 12.0. The zero-order valence-corrected chi connectivity index (χ0v) is 17.2. The van der Waals surface area contributed by atoms with E-state index < -0.39 is 34.5 Å². The third kappa shape index (κ3) is 6.62. The molecule has 0 radical (unpaired) electrons. The zero-order chi connectivity index (χ0) is 23.2. The van der Waals surface area contributed by atoms with Crippen LogP contribution >= 0.6 is 0 Å². The summed E-state index contributed by atoms with van der Waals surface area (Å²) in [5.41, 5.74) is 12.6. The van der Waals surface area contributed by atoms with E-state index in [4.69, 9.17) is 22.3 Å². The first-order valence-corrected chi connectivity index (χ1v) is 10.5. The molecule has 11 nitrogen and oxygen atoms in total. The Bertz CT molecular complexity index is 1100. The molecule has 0 aliphatic rings. The van der Waals surface area contributed by atoms with Gasteiger partial charge in [0.15, 0.2) is 0 Å². The number of carbonyl (C=O) groups is 2. The van der Waals surface area contributed by atoms with E-state index in [1.54, 1.807) is 24.3 Å². The molecular weight excluding hydrogens is 424 g/mol. The highest BCUT2D eigenvalue weighted by atomic mass is 32.2. The number of aliphatic carboxylic acids is 1. The maximum Gasteiger partial charge on any atom is 0.326 e. The van der Waals surface area contributed by atoms with Crippen LogP contribution in [0.25, 0.3) is 0 Å². The lowest BCUT2D eigenvalue weighted by Gasteiger charge is -2.15. The second-order valence-corrected chi connectivity index (χ2v) is 8.39. The molecule has 1 amide bonds. The SMILES string of the molecule is NC(=[NH2+])c1ccc(CC(NC(=O)CNS(=O)(=O)c2ccc(C(N)=[NH2+])cc2)C(=O)O)cc1. The summed E-state index contributed by atoms with van der Waals surface area (Å²) in [7, 11) is -4.00. The summed E-state index contributed by atoms with van der Waals surface area (Å²) >= 11 is 0. The van der Waals surface area contributed by atoms with E-state index in [0.29, 0.717) is 16.7 Å². The molecule has 12 heteroatoms. The Morgan fingerprint density at radius 2 is 1.42 bits per heavy atom. The monoisotopic (exact) mass is 448 g/mol. The van der Waals surface area contributed by atoms with Crippen molar-refractivity contribution in [2.75, 3.05) is 6.54 Å². The largest absolute Gasteiger partial charge is 0.480 e. The second kappa shape index (κ2) is 9.82. The third-order valence-corrected chi connectivity index (χ3v) is 5.70. The van der Waals surface area contributed by atoms with E-state index in [2.05, 4.69) is 10.0 Å². The van der Waals surface area contributed by atoms with Gasteiger partial charge in [0.25, 0.3) is 11.7 Å². The molecule has 2 aromatic carbocycles. The first-order chi connectivity index (χ1) is 14.5. The van der Waals surface area contributed by atoms with Gasteiger partial charge in [0, 0.05) is 6.42 Å². The highest BCUT2D eigenvalue weighted by molar-refractivity contribution is 7.89. The fraction of sp³-hybridized carbons (Fsp3) is 0.158. The number of amides is 1. The minimum atomic E-state index is -4.00. The molecule has 0 aliphatic carbocycles. The molecular formula is C19H24N6O5S+2. The van der Waals surface area contributed by atoms with Gasteiger partial charge in [0.1, 0.15) is 6.04 Å². The maximum absolute atomic E-state index is 12.3. The molecule has 1 atom stereocenters. The molecule has 0 heterocycles. The van der Waals surface area contributed by atoms with Crippen molar-refractivity contribution >= 4 is 33.6 Å². The number of nitrogens with one attached hydrogen (secondary N) is 2. The van der Waals surface area contributed by atoms with Gasteiger partial charge in [0.05, 0.1) is 22.6 Å². The molecule has 0 saturated heterocycles. The molecule has 164 valence electrons. The van der Waals surface area contributed by atoms with Crippen molar-refractivity contribution < 1.29 is 33.9 Å². The zero-order valence-electron chi connectivity index (χ0n) is 16.4. The van der Waals surface area contributed by atoms with Gasteiger partial charge >= 0.3 is 5.97 Å². The van der Waals surface area contributed by atoms with Crippen molar-refractivity contribution in [2.24, 2.45) is 11.5 Å². The van der Waals surface area contributed by atoms with Crippen molar-refractivity contribution in [1.82, 2.24) is 10.0 Å². The highest BCUT2D eigenvalue weighted by Crippen LogP contribution is 2.10. The number of nitrogens with two attached hydrogens (primary N) is 4. The first kappa shape index (κ1) is 23.5. The summed E-state index contributed by atoms with van der Waals surface area (Å²) in [5.74, 6) is -1.91. The van der Waals surface area contributed by atoms with E-state index in [1.165, 1.54) is 24.3 Å². The van der Waals surface area contributed by atoms with E-state index in [1.807, 2.05) is 0 Å². The number of carboxylic acid groups (broad SMARTS) is 1. The van der Waals surface area contributed by atoms with Crippen molar-refractivity contribution in [2.45, 2.75) is 17.4 Å². The van der Waals surface area contributed by atoms with Gasteiger partial charge < -0.3 is 10.4 Å². The molecule has 0 aliphatic heterocycles. The number of hydrogen-bond donors (Lipinski definition) is 7. The van der Waals surface area contributed by atoms with Crippen LogP contribution in [0.5, 0.6) is 0 Å². The summed E-state index contributed by atoms with van der Waals surface area (Å²) < 4.78 is 26.8. The topological polar surface area (TPSA) is 216 Å². The lowest BCUT2D eigenvalue weighted by Crippen LogP contribution is -2.47. The number of amidine groups is 2. The van der Waals surface area contributed by atoms with Crippen LogP contribution in [0.3, 0.4) is 0 Å². The molecule has 2 rings (SSSR count). The highest BCUT2D eigenvalue weighted by Gasteiger charge is 2.22. The van der Waals surface area contributed by atoms with Gasteiger partial charge in [-0.1, -0.05) is 12.1 Å².